The van der Waals surface area contributed by atoms with Crippen molar-refractivity contribution in [2.24, 2.45) is 0 Å². The van der Waals surface area contributed by atoms with Crippen LogP contribution >= 0.6 is 11.6 Å². The minimum Gasteiger partial charge on any atom is -0.503 e. The SMILES string of the molecule is COc1cc(CN2CCc3nc(N)[nH]c(=O)c3C2)cc(Cl)c1O. The summed E-state index contributed by atoms with van der Waals surface area (Å²) in [5, 5.41) is 10.0. The quantitative estimate of drug-likeness (QED) is 0.780. The summed E-state index contributed by atoms with van der Waals surface area (Å²) in [5.41, 5.74) is 7.67. The molecule has 2 aromatic rings. The van der Waals surface area contributed by atoms with Gasteiger partial charge in [0.05, 0.1) is 23.4 Å². The molecule has 0 unspecified atom stereocenters. The Bertz CT molecular complexity index is 806. The fourth-order valence-electron chi connectivity index (χ4n) is 2.77. The highest BCUT2D eigenvalue weighted by atomic mass is 35.5. The molecule has 2 heterocycles. The van der Waals surface area contributed by atoms with E-state index in [1.807, 2.05) is 0 Å². The van der Waals surface area contributed by atoms with Gasteiger partial charge in [0.2, 0.25) is 5.95 Å². The normalized spacial score (nSPS) is 14.5. The molecule has 0 aliphatic carbocycles. The summed E-state index contributed by atoms with van der Waals surface area (Å²) in [6.45, 7) is 1.82. The zero-order valence-corrected chi connectivity index (χ0v) is 13.4. The van der Waals surface area contributed by atoms with Gasteiger partial charge >= 0.3 is 0 Å². The number of anilines is 1. The molecular weight excluding hydrogens is 320 g/mol. The van der Waals surface area contributed by atoms with Gasteiger partial charge in [-0.3, -0.25) is 14.7 Å². The molecule has 0 saturated carbocycles. The van der Waals surface area contributed by atoms with Crippen LogP contribution in [0.5, 0.6) is 11.5 Å². The van der Waals surface area contributed by atoms with Crippen LogP contribution in [-0.2, 0) is 19.5 Å². The van der Waals surface area contributed by atoms with E-state index in [1.54, 1.807) is 12.1 Å². The van der Waals surface area contributed by atoms with Crippen molar-refractivity contribution in [1.29, 1.82) is 0 Å². The molecule has 4 N–H and O–H groups in total. The van der Waals surface area contributed by atoms with E-state index >= 15 is 0 Å². The summed E-state index contributed by atoms with van der Waals surface area (Å²) in [6.07, 6.45) is 0.659. The number of H-pyrrole nitrogens is 1. The monoisotopic (exact) mass is 336 g/mol. The Hall–Kier alpha value is -2.25. The number of phenols is 1. The van der Waals surface area contributed by atoms with Crippen LogP contribution in [0.25, 0.3) is 0 Å². The largest absolute Gasteiger partial charge is 0.503 e. The summed E-state index contributed by atoms with van der Waals surface area (Å²) < 4.78 is 5.11. The van der Waals surface area contributed by atoms with E-state index in [9.17, 15) is 9.90 Å². The van der Waals surface area contributed by atoms with E-state index in [4.69, 9.17) is 22.1 Å². The molecule has 0 bridgehead atoms. The average molecular weight is 337 g/mol. The highest BCUT2D eigenvalue weighted by Gasteiger charge is 2.21. The number of hydrogen-bond acceptors (Lipinski definition) is 6. The van der Waals surface area contributed by atoms with Gasteiger partial charge in [-0.05, 0) is 17.7 Å². The molecule has 8 heteroatoms. The van der Waals surface area contributed by atoms with Crippen molar-refractivity contribution in [2.75, 3.05) is 19.4 Å². The van der Waals surface area contributed by atoms with Crippen LogP contribution in [0, 0.1) is 0 Å². The van der Waals surface area contributed by atoms with Crippen LogP contribution < -0.4 is 16.0 Å². The van der Waals surface area contributed by atoms with Gasteiger partial charge in [-0.25, -0.2) is 4.98 Å². The zero-order chi connectivity index (χ0) is 16.6. The number of fused-ring (bicyclic) bond motifs is 1. The van der Waals surface area contributed by atoms with Gasteiger partial charge < -0.3 is 15.6 Å². The summed E-state index contributed by atoms with van der Waals surface area (Å²) in [4.78, 5) is 20.8. The molecule has 0 fully saturated rings. The van der Waals surface area contributed by atoms with Crippen LogP contribution in [0.2, 0.25) is 5.02 Å². The Kier molecular flexibility index (Phi) is 4.14. The summed E-state index contributed by atoms with van der Waals surface area (Å²) in [5.74, 6) is 0.410. The summed E-state index contributed by atoms with van der Waals surface area (Å²) in [7, 11) is 1.47. The number of aromatic nitrogens is 2. The minimum atomic E-state index is -0.196. The van der Waals surface area contributed by atoms with Crippen LogP contribution in [0.15, 0.2) is 16.9 Å². The highest BCUT2D eigenvalue weighted by Crippen LogP contribution is 2.35. The number of nitrogen functional groups attached to an aromatic ring is 1. The number of phenolic OH excluding ortho intramolecular Hbond substituents is 1. The van der Waals surface area contributed by atoms with Gasteiger partial charge in [0.1, 0.15) is 0 Å². The van der Waals surface area contributed by atoms with Crippen molar-refractivity contribution in [1.82, 2.24) is 14.9 Å². The van der Waals surface area contributed by atoms with E-state index in [-0.39, 0.29) is 22.3 Å². The Morgan fingerprint density at radius 3 is 3.04 bits per heavy atom. The van der Waals surface area contributed by atoms with Crippen molar-refractivity contribution < 1.29 is 9.84 Å². The van der Waals surface area contributed by atoms with Crippen LogP contribution in [0.1, 0.15) is 16.8 Å². The predicted octanol–water partition coefficient (Wildman–Crippen LogP) is 1.28. The molecule has 122 valence electrons. The van der Waals surface area contributed by atoms with Crippen molar-refractivity contribution >= 4 is 17.5 Å². The van der Waals surface area contributed by atoms with E-state index in [0.717, 1.165) is 17.8 Å². The first kappa shape index (κ1) is 15.6. The van der Waals surface area contributed by atoms with Gasteiger partial charge in [-0.15, -0.1) is 0 Å². The second-order valence-corrected chi connectivity index (χ2v) is 5.87. The maximum absolute atomic E-state index is 12.0. The van der Waals surface area contributed by atoms with E-state index in [0.29, 0.717) is 30.8 Å². The lowest BCUT2D eigenvalue weighted by Crippen LogP contribution is -2.35. The lowest BCUT2D eigenvalue weighted by Gasteiger charge is -2.27. The fraction of sp³-hybridized carbons (Fsp3) is 0.333. The zero-order valence-electron chi connectivity index (χ0n) is 12.6. The molecule has 23 heavy (non-hydrogen) atoms. The van der Waals surface area contributed by atoms with Gasteiger partial charge in [0, 0.05) is 26.1 Å². The van der Waals surface area contributed by atoms with Crippen molar-refractivity contribution in [3.8, 4) is 11.5 Å². The van der Waals surface area contributed by atoms with Gasteiger partial charge in [0.25, 0.3) is 5.56 Å². The highest BCUT2D eigenvalue weighted by molar-refractivity contribution is 6.32. The first-order valence-corrected chi connectivity index (χ1v) is 7.51. The number of aromatic amines is 1. The van der Waals surface area contributed by atoms with Crippen LogP contribution in [-0.4, -0.2) is 33.6 Å². The third-order valence-electron chi connectivity index (χ3n) is 3.88. The van der Waals surface area contributed by atoms with Crippen molar-refractivity contribution in [2.45, 2.75) is 19.5 Å². The third-order valence-corrected chi connectivity index (χ3v) is 4.17. The molecule has 0 radical (unpaired) electrons. The maximum Gasteiger partial charge on any atom is 0.257 e. The Balaban J connectivity index is 1.83. The number of nitrogens with zero attached hydrogens (tertiary/aromatic N) is 2. The lowest BCUT2D eigenvalue weighted by atomic mass is 10.1. The molecule has 0 amide bonds. The Labute approximate surface area is 137 Å². The van der Waals surface area contributed by atoms with E-state index < -0.39 is 0 Å². The molecule has 1 aromatic heterocycles. The standard InChI is InChI=1S/C15H17ClN4O3/c1-23-12-5-8(4-10(16)13(12)21)6-20-3-2-11-9(7-20)14(22)19-15(17)18-11/h4-5,21H,2-3,6-7H2,1H3,(H3,17,18,19,22). The number of methoxy groups -OCH3 is 1. The second kappa shape index (κ2) is 6.10. The first-order valence-electron chi connectivity index (χ1n) is 7.13. The van der Waals surface area contributed by atoms with E-state index in [2.05, 4.69) is 14.9 Å². The number of nitrogens with one attached hydrogen (secondary N) is 1. The topological polar surface area (TPSA) is 104 Å². The number of benzene rings is 1. The molecule has 0 spiro atoms. The molecule has 1 aromatic carbocycles. The number of halogens is 1. The van der Waals surface area contributed by atoms with Crippen molar-refractivity contribution in [3.63, 3.8) is 0 Å². The average Bonchev–Trinajstić information content (AvgIpc) is 2.51. The molecule has 3 rings (SSSR count). The minimum absolute atomic E-state index is 0.0713. The van der Waals surface area contributed by atoms with E-state index in [1.165, 1.54) is 7.11 Å². The first-order chi connectivity index (χ1) is 11.0. The summed E-state index contributed by atoms with van der Waals surface area (Å²) in [6, 6.07) is 3.43. The lowest BCUT2D eigenvalue weighted by molar-refractivity contribution is 0.241. The van der Waals surface area contributed by atoms with Crippen LogP contribution in [0.4, 0.5) is 5.95 Å². The Morgan fingerprint density at radius 2 is 2.30 bits per heavy atom. The summed E-state index contributed by atoms with van der Waals surface area (Å²) >= 11 is 6.01. The second-order valence-electron chi connectivity index (χ2n) is 5.47. The Morgan fingerprint density at radius 1 is 1.52 bits per heavy atom. The number of ether oxygens (including phenoxy) is 1. The molecule has 0 atom stereocenters. The predicted molar refractivity (Wildman–Crippen MR) is 86.8 cm³/mol. The number of hydrogen-bond donors (Lipinski definition) is 3. The van der Waals surface area contributed by atoms with Crippen LogP contribution in [0.3, 0.4) is 0 Å². The number of nitrogens with two attached hydrogens (primary N) is 1. The van der Waals surface area contributed by atoms with Gasteiger partial charge in [-0.1, -0.05) is 11.6 Å². The fourth-order valence-corrected chi connectivity index (χ4v) is 3.00. The van der Waals surface area contributed by atoms with Gasteiger partial charge in [0.15, 0.2) is 11.5 Å². The molecule has 7 nitrogen and oxygen atoms in total. The number of rotatable bonds is 3. The molecule has 1 aliphatic heterocycles. The number of aromatic hydroxyl groups is 1. The maximum atomic E-state index is 12.0. The third kappa shape index (κ3) is 3.11. The molecule has 1 aliphatic rings. The van der Waals surface area contributed by atoms with Crippen molar-refractivity contribution in [3.05, 3.63) is 44.3 Å². The smallest absolute Gasteiger partial charge is 0.257 e. The molecule has 0 saturated heterocycles. The molecular formula is C15H17ClN4O3. The van der Waals surface area contributed by atoms with Gasteiger partial charge in [-0.2, -0.15) is 0 Å².